The Balaban J connectivity index is 2.13. The molecule has 1 aromatic rings. The third-order valence-corrected chi connectivity index (χ3v) is 4.24. The molecule has 1 atom stereocenters. The van der Waals surface area contributed by atoms with E-state index in [9.17, 15) is 4.79 Å². The van der Waals surface area contributed by atoms with Gasteiger partial charge in [0, 0.05) is 5.56 Å². The molecular weight excluding hydrogens is 304 g/mol. The molecule has 128 valence electrons. The molecule has 0 aromatic heterocycles. The lowest BCUT2D eigenvalue weighted by Crippen LogP contribution is -2.23. The minimum atomic E-state index is -0.284. The van der Waals surface area contributed by atoms with Crippen LogP contribution in [-0.2, 0) is 0 Å². The molecule has 0 saturated carbocycles. The Hall–Kier alpha value is -2.56. The van der Waals surface area contributed by atoms with Crippen LogP contribution in [0.1, 0.15) is 37.0 Å². The van der Waals surface area contributed by atoms with E-state index in [0.29, 0.717) is 23.0 Å². The summed E-state index contributed by atoms with van der Waals surface area (Å²) in [7, 11) is 3.09. The number of hydrazone groups is 1. The molecule has 1 N–H and O–H groups in total. The summed E-state index contributed by atoms with van der Waals surface area (Å²) in [5.41, 5.74) is 6.22. The van der Waals surface area contributed by atoms with Crippen LogP contribution in [0.3, 0.4) is 0 Å². The summed E-state index contributed by atoms with van der Waals surface area (Å²) in [4.78, 5) is 12.3. The van der Waals surface area contributed by atoms with E-state index in [0.717, 1.165) is 29.7 Å². The second-order valence-corrected chi connectivity index (χ2v) is 5.94. The normalized spacial score (nSPS) is 18.8. The zero-order chi connectivity index (χ0) is 17.7. The van der Waals surface area contributed by atoms with Gasteiger partial charge in [0.2, 0.25) is 0 Å². The smallest absolute Gasteiger partial charge is 0.271 e. The Morgan fingerprint density at radius 1 is 1.29 bits per heavy atom. The average Bonchev–Trinajstić information content (AvgIpc) is 2.59. The maximum atomic E-state index is 12.3. The van der Waals surface area contributed by atoms with Crippen LogP contribution >= 0.6 is 0 Å². The molecule has 5 nitrogen and oxygen atoms in total. The van der Waals surface area contributed by atoms with Crippen molar-refractivity contribution in [3.8, 4) is 11.5 Å². The van der Waals surface area contributed by atoms with E-state index in [1.54, 1.807) is 25.3 Å². The third-order valence-electron chi connectivity index (χ3n) is 4.24. The fraction of sp³-hybridized carbons (Fsp3) is 0.368. The predicted octanol–water partition coefficient (Wildman–Crippen LogP) is 3.72. The quantitative estimate of drug-likeness (QED) is 0.662. The van der Waals surface area contributed by atoms with Gasteiger partial charge in [-0.05, 0) is 56.4 Å². The molecule has 5 heteroatoms. The first-order valence-corrected chi connectivity index (χ1v) is 7.87. The SMILES string of the molecule is C=C(C)[C@@H]1CC=C(C)/C(=N\NC(=O)c2ccc(OC)c(OC)c2)C1. The third kappa shape index (κ3) is 4.04. The number of nitrogens with one attached hydrogen (secondary N) is 1. The Morgan fingerprint density at radius 3 is 2.62 bits per heavy atom. The lowest BCUT2D eigenvalue weighted by atomic mass is 9.85. The summed E-state index contributed by atoms with van der Waals surface area (Å²) in [5, 5.41) is 4.31. The minimum absolute atomic E-state index is 0.284. The van der Waals surface area contributed by atoms with Gasteiger partial charge in [0.1, 0.15) is 0 Å². The van der Waals surface area contributed by atoms with Crippen molar-refractivity contribution in [2.45, 2.75) is 26.7 Å². The van der Waals surface area contributed by atoms with Crippen LogP contribution in [0.4, 0.5) is 0 Å². The van der Waals surface area contributed by atoms with E-state index < -0.39 is 0 Å². The van der Waals surface area contributed by atoms with Gasteiger partial charge in [-0.1, -0.05) is 18.2 Å². The Bertz CT molecular complexity index is 705. The van der Waals surface area contributed by atoms with Crippen LogP contribution in [0, 0.1) is 5.92 Å². The van der Waals surface area contributed by atoms with Crippen molar-refractivity contribution < 1.29 is 14.3 Å². The topological polar surface area (TPSA) is 59.9 Å². The molecule has 1 aliphatic carbocycles. The number of hydrogen-bond donors (Lipinski definition) is 1. The van der Waals surface area contributed by atoms with Crippen molar-refractivity contribution >= 4 is 11.6 Å². The first-order valence-electron chi connectivity index (χ1n) is 7.87. The highest BCUT2D eigenvalue weighted by molar-refractivity contribution is 6.02. The fourth-order valence-corrected chi connectivity index (χ4v) is 2.58. The number of carbonyl (C=O) groups is 1. The largest absolute Gasteiger partial charge is 0.493 e. The van der Waals surface area contributed by atoms with Crippen molar-refractivity contribution in [2.24, 2.45) is 11.0 Å². The number of ether oxygens (including phenoxy) is 2. The van der Waals surface area contributed by atoms with Gasteiger partial charge in [0.15, 0.2) is 11.5 Å². The molecule has 1 aliphatic rings. The lowest BCUT2D eigenvalue weighted by Gasteiger charge is -2.22. The number of rotatable bonds is 5. The molecule has 0 spiro atoms. The molecule has 0 bridgehead atoms. The second kappa shape index (κ2) is 7.81. The van der Waals surface area contributed by atoms with Crippen LogP contribution < -0.4 is 14.9 Å². The average molecular weight is 328 g/mol. The van der Waals surface area contributed by atoms with Gasteiger partial charge in [-0.3, -0.25) is 4.79 Å². The van der Waals surface area contributed by atoms with Crippen LogP contribution in [0.5, 0.6) is 11.5 Å². The monoisotopic (exact) mass is 328 g/mol. The maximum Gasteiger partial charge on any atom is 0.271 e. The van der Waals surface area contributed by atoms with E-state index >= 15 is 0 Å². The van der Waals surface area contributed by atoms with Gasteiger partial charge in [-0.2, -0.15) is 5.10 Å². The van der Waals surface area contributed by atoms with Gasteiger partial charge >= 0.3 is 0 Å². The predicted molar refractivity (Wildman–Crippen MR) is 95.7 cm³/mol. The fourth-order valence-electron chi connectivity index (χ4n) is 2.58. The van der Waals surface area contributed by atoms with E-state index in [-0.39, 0.29) is 5.91 Å². The Kier molecular flexibility index (Phi) is 5.79. The van der Waals surface area contributed by atoms with Crippen molar-refractivity contribution in [3.05, 3.63) is 47.6 Å². The molecule has 0 radical (unpaired) electrons. The van der Waals surface area contributed by atoms with Gasteiger partial charge < -0.3 is 9.47 Å². The summed E-state index contributed by atoms with van der Waals surface area (Å²) < 4.78 is 10.4. The van der Waals surface area contributed by atoms with Gasteiger partial charge in [-0.25, -0.2) is 5.43 Å². The number of benzene rings is 1. The van der Waals surface area contributed by atoms with Gasteiger partial charge in [-0.15, -0.1) is 0 Å². The molecule has 2 rings (SSSR count). The number of carbonyl (C=O) groups excluding carboxylic acids is 1. The number of allylic oxidation sites excluding steroid dienone is 3. The van der Waals surface area contributed by atoms with Gasteiger partial charge in [0.05, 0.1) is 19.9 Å². The van der Waals surface area contributed by atoms with Crippen LogP contribution in [0.15, 0.2) is 47.1 Å². The molecule has 0 saturated heterocycles. The molecule has 0 heterocycles. The van der Waals surface area contributed by atoms with E-state index in [2.05, 4.69) is 23.2 Å². The number of hydrogen-bond acceptors (Lipinski definition) is 4. The van der Waals surface area contributed by atoms with Crippen molar-refractivity contribution in [1.29, 1.82) is 0 Å². The van der Waals surface area contributed by atoms with Crippen LogP contribution in [-0.4, -0.2) is 25.8 Å². The van der Waals surface area contributed by atoms with E-state index in [4.69, 9.17) is 9.47 Å². The molecule has 0 aliphatic heterocycles. The second-order valence-electron chi connectivity index (χ2n) is 5.94. The Morgan fingerprint density at radius 2 is 2.00 bits per heavy atom. The number of nitrogens with zero attached hydrogens (tertiary/aromatic N) is 1. The van der Waals surface area contributed by atoms with Crippen molar-refractivity contribution in [3.63, 3.8) is 0 Å². The zero-order valence-electron chi connectivity index (χ0n) is 14.7. The van der Waals surface area contributed by atoms with Gasteiger partial charge in [0.25, 0.3) is 5.91 Å². The number of amides is 1. The summed E-state index contributed by atoms with van der Waals surface area (Å²) in [5.74, 6) is 1.18. The van der Waals surface area contributed by atoms with Crippen LogP contribution in [0.25, 0.3) is 0 Å². The van der Waals surface area contributed by atoms with E-state index in [1.165, 1.54) is 7.11 Å². The van der Waals surface area contributed by atoms with E-state index in [1.807, 2.05) is 13.8 Å². The Labute approximate surface area is 143 Å². The van der Waals surface area contributed by atoms with Crippen molar-refractivity contribution in [1.82, 2.24) is 5.43 Å². The summed E-state index contributed by atoms with van der Waals surface area (Å²) in [6.07, 6.45) is 3.91. The zero-order valence-corrected chi connectivity index (χ0v) is 14.7. The highest BCUT2D eigenvalue weighted by Crippen LogP contribution is 2.28. The maximum absolute atomic E-state index is 12.3. The number of methoxy groups -OCH3 is 2. The minimum Gasteiger partial charge on any atom is -0.493 e. The highest BCUT2D eigenvalue weighted by atomic mass is 16.5. The molecule has 1 aromatic carbocycles. The molecular formula is C19H24N2O3. The first kappa shape index (κ1) is 17.8. The summed E-state index contributed by atoms with van der Waals surface area (Å²) >= 11 is 0. The summed E-state index contributed by atoms with van der Waals surface area (Å²) in [6.45, 7) is 8.06. The van der Waals surface area contributed by atoms with Crippen molar-refractivity contribution in [2.75, 3.05) is 14.2 Å². The summed E-state index contributed by atoms with van der Waals surface area (Å²) in [6, 6.07) is 5.01. The lowest BCUT2D eigenvalue weighted by molar-refractivity contribution is 0.0954. The standard InChI is InChI=1S/C19H24N2O3/c1-12(2)14-7-6-13(3)16(10-14)20-21-19(22)15-8-9-17(23-4)18(11-15)24-5/h6,8-9,11,14H,1,7,10H2,2-5H3,(H,21,22)/b20-16-/t14-/m1/s1. The van der Waals surface area contributed by atoms with Crippen LogP contribution in [0.2, 0.25) is 0 Å². The first-order chi connectivity index (χ1) is 11.5. The molecule has 0 unspecified atom stereocenters. The molecule has 24 heavy (non-hydrogen) atoms. The molecule has 1 amide bonds. The molecule has 0 fully saturated rings. The highest BCUT2D eigenvalue weighted by Gasteiger charge is 2.19.